The second-order valence-corrected chi connectivity index (χ2v) is 9.82. The molecule has 1 saturated heterocycles. The van der Waals surface area contributed by atoms with Crippen molar-refractivity contribution < 1.29 is 14.0 Å². The zero-order valence-corrected chi connectivity index (χ0v) is 20.8. The van der Waals surface area contributed by atoms with Crippen molar-refractivity contribution in [3.05, 3.63) is 94.0 Å². The quantitative estimate of drug-likeness (QED) is 0.527. The molecule has 1 fully saturated rings. The number of carbonyl (C=O) groups excluding carboxylic acids is 2. The first-order valence-corrected chi connectivity index (χ1v) is 12.6. The summed E-state index contributed by atoms with van der Waals surface area (Å²) < 4.78 is 15.2. The van der Waals surface area contributed by atoms with E-state index < -0.39 is 5.82 Å². The standard InChI is InChI=1S/C28H28ClFN4O2/c1-33(19-10-14-34(15-11-19)20-8-12-31-13-9-20)28(36)23-16-18-6-7-26(22(18)17-25(23)30)32-27(35)21-4-2-3-5-24(21)29/h2-5,8-9,12-13,16-17,19,26H,6-7,10-11,14-15H2,1H3,(H,32,35)/t26-/m1/s1. The Morgan fingerprint density at radius 2 is 1.78 bits per heavy atom. The van der Waals surface area contributed by atoms with Gasteiger partial charge in [-0.15, -0.1) is 0 Å². The van der Waals surface area contributed by atoms with Crippen LogP contribution in [0.5, 0.6) is 0 Å². The second-order valence-electron chi connectivity index (χ2n) is 9.42. The number of fused-ring (bicyclic) bond motifs is 1. The molecule has 2 aromatic carbocycles. The number of aryl methyl sites for hydroxylation is 1. The molecule has 2 heterocycles. The fourth-order valence-electron chi connectivity index (χ4n) is 5.25. The molecule has 3 aromatic rings. The zero-order chi connectivity index (χ0) is 25.2. The van der Waals surface area contributed by atoms with Crippen LogP contribution in [-0.2, 0) is 6.42 Å². The molecule has 186 valence electrons. The number of hydrogen-bond donors (Lipinski definition) is 1. The molecule has 36 heavy (non-hydrogen) atoms. The van der Waals surface area contributed by atoms with Crippen molar-refractivity contribution in [2.45, 2.75) is 37.8 Å². The molecule has 0 saturated carbocycles. The third-order valence-corrected chi connectivity index (χ3v) is 7.65. The van der Waals surface area contributed by atoms with E-state index in [-0.39, 0.29) is 29.5 Å². The lowest BCUT2D eigenvalue weighted by Gasteiger charge is -2.38. The van der Waals surface area contributed by atoms with Gasteiger partial charge in [-0.25, -0.2) is 4.39 Å². The van der Waals surface area contributed by atoms with Crippen LogP contribution in [0.25, 0.3) is 0 Å². The van der Waals surface area contributed by atoms with Gasteiger partial charge < -0.3 is 15.1 Å². The van der Waals surface area contributed by atoms with Crippen molar-refractivity contribution in [3.8, 4) is 0 Å². The molecule has 1 aliphatic heterocycles. The highest BCUT2D eigenvalue weighted by Gasteiger charge is 2.31. The second kappa shape index (κ2) is 10.3. The summed E-state index contributed by atoms with van der Waals surface area (Å²) in [5.74, 6) is -1.16. The van der Waals surface area contributed by atoms with Crippen LogP contribution in [0, 0.1) is 5.82 Å². The summed E-state index contributed by atoms with van der Waals surface area (Å²) in [7, 11) is 1.76. The van der Waals surface area contributed by atoms with Gasteiger partial charge in [0.15, 0.2) is 0 Å². The molecule has 2 aliphatic rings. The first kappa shape index (κ1) is 24.3. The molecule has 1 N–H and O–H groups in total. The fourth-order valence-corrected chi connectivity index (χ4v) is 5.47. The van der Waals surface area contributed by atoms with Crippen LogP contribution in [0.1, 0.15) is 57.1 Å². The molecule has 0 spiro atoms. The molecule has 6 nitrogen and oxygen atoms in total. The maximum absolute atomic E-state index is 15.2. The summed E-state index contributed by atoms with van der Waals surface area (Å²) in [5.41, 5.74) is 3.21. The average molecular weight is 507 g/mol. The number of halogens is 2. The first-order valence-electron chi connectivity index (χ1n) is 12.2. The highest BCUT2D eigenvalue weighted by molar-refractivity contribution is 6.33. The van der Waals surface area contributed by atoms with Crippen LogP contribution in [0.15, 0.2) is 60.9 Å². The van der Waals surface area contributed by atoms with Crippen molar-refractivity contribution in [1.29, 1.82) is 0 Å². The molecular weight excluding hydrogens is 479 g/mol. The third-order valence-electron chi connectivity index (χ3n) is 7.32. The Morgan fingerprint density at radius 3 is 2.50 bits per heavy atom. The predicted molar refractivity (Wildman–Crippen MR) is 138 cm³/mol. The maximum Gasteiger partial charge on any atom is 0.256 e. The SMILES string of the molecule is CN(C(=O)c1cc2c(cc1F)[C@H](NC(=O)c1ccccc1Cl)CC2)C1CCN(c2ccncc2)CC1. The largest absolute Gasteiger partial charge is 0.371 e. The molecule has 5 rings (SSSR count). The van der Waals surface area contributed by atoms with Crippen molar-refractivity contribution in [2.75, 3.05) is 25.0 Å². The number of anilines is 1. The highest BCUT2D eigenvalue weighted by Crippen LogP contribution is 2.34. The third kappa shape index (κ3) is 4.80. The van der Waals surface area contributed by atoms with Gasteiger partial charge in [-0.1, -0.05) is 23.7 Å². The Kier molecular flexibility index (Phi) is 6.92. The number of carbonyl (C=O) groups is 2. The van der Waals surface area contributed by atoms with Crippen LogP contribution < -0.4 is 10.2 Å². The minimum absolute atomic E-state index is 0.0471. The lowest BCUT2D eigenvalue weighted by Crippen LogP contribution is -2.45. The predicted octanol–water partition coefficient (Wildman–Crippen LogP) is 5.03. The zero-order valence-electron chi connectivity index (χ0n) is 20.1. The molecule has 0 radical (unpaired) electrons. The number of nitrogens with one attached hydrogen (secondary N) is 1. The van der Waals surface area contributed by atoms with E-state index in [9.17, 15) is 9.59 Å². The van der Waals surface area contributed by atoms with Gasteiger partial charge in [-0.2, -0.15) is 0 Å². The summed E-state index contributed by atoms with van der Waals surface area (Å²) >= 11 is 6.15. The molecule has 1 atom stereocenters. The van der Waals surface area contributed by atoms with Crippen molar-refractivity contribution >= 4 is 29.1 Å². The normalized spacial score (nSPS) is 17.5. The van der Waals surface area contributed by atoms with E-state index in [1.165, 1.54) is 6.07 Å². The van der Waals surface area contributed by atoms with E-state index >= 15 is 4.39 Å². The number of rotatable bonds is 5. The molecule has 1 aromatic heterocycles. The number of nitrogens with zero attached hydrogens (tertiary/aromatic N) is 3. The van der Waals surface area contributed by atoms with Gasteiger partial charge in [0.25, 0.3) is 11.8 Å². The lowest BCUT2D eigenvalue weighted by molar-refractivity contribution is 0.0704. The van der Waals surface area contributed by atoms with Gasteiger partial charge in [0.1, 0.15) is 5.82 Å². The number of pyridine rings is 1. The monoisotopic (exact) mass is 506 g/mol. The number of aromatic nitrogens is 1. The molecule has 8 heteroatoms. The molecular formula is C28H28ClFN4O2. The number of hydrogen-bond acceptors (Lipinski definition) is 4. The molecule has 2 amide bonds. The lowest BCUT2D eigenvalue weighted by atomic mass is 10.00. The summed E-state index contributed by atoms with van der Waals surface area (Å²) in [4.78, 5) is 34.0. The summed E-state index contributed by atoms with van der Waals surface area (Å²) in [6, 6.07) is 13.6. The fraction of sp³-hybridized carbons (Fsp3) is 0.321. The van der Waals surface area contributed by atoms with Crippen molar-refractivity contribution in [2.24, 2.45) is 0 Å². The Morgan fingerprint density at radius 1 is 1.06 bits per heavy atom. The van der Waals surface area contributed by atoms with E-state index in [1.807, 2.05) is 12.1 Å². The number of amides is 2. The maximum atomic E-state index is 15.2. The summed E-state index contributed by atoms with van der Waals surface area (Å²) in [6.07, 6.45) is 6.49. The van der Waals surface area contributed by atoms with Crippen molar-refractivity contribution in [1.82, 2.24) is 15.2 Å². The van der Waals surface area contributed by atoms with Gasteiger partial charge in [0.05, 0.1) is 22.2 Å². The topological polar surface area (TPSA) is 65.5 Å². The van der Waals surface area contributed by atoms with E-state index in [0.29, 0.717) is 23.4 Å². The van der Waals surface area contributed by atoms with Crippen LogP contribution in [0.2, 0.25) is 5.02 Å². The molecule has 1 aliphatic carbocycles. The van der Waals surface area contributed by atoms with Gasteiger partial charge in [0, 0.05) is 44.3 Å². The van der Waals surface area contributed by atoms with Gasteiger partial charge >= 0.3 is 0 Å². The number of benzene rings is 2. The van der Waals surface area contributed by atoms with Gasteiger partial charge in [-0.3, -0.25) is 14.6 Å². The van der Waals surface area contributed by atoms with Crippen LogP contribution in [0.4, 0.5) is 10.1 Å². The van der Waals surface area contributed by atoms with Crippen LogP contribution in [0.3, 0.4) is 0 Å². The smallest absolute Gasteiger partial charge is 0.256 e. The molecule has 0 unspecified atom stereocenters. The summed E-state index contributed by atoms with van der Waals surface area (Å²) in [6.45, 7) is 1.65. The first-order chi connectivity index (χ1) is 17.4. The van der Waals surface area contributed by atoms with Crippen molar-refractivity contribution in [3.63, 3.8) is 0 Å². The Labute approximate surface area is 215 Å². The van der Waals surface area contributed by atoms with E-state index in [4.69, 9.17) is 11.6 Å². The molecule has 0 bridgehead atoms. The van der Waals surface area contributed by atoms with Crippen LogP contribution >= 0.6 is 11.6 Å². The summed E-state index contributed by atoms with van der Waals surface area (Å²) in [5, 5.41) is 3.34. The average Bonchev–Trinajstić information content (AvgIpc) is 3.29. The highest BCUT2D eigenvalue weighted by atomic mass is 35.5. The Bertz CT molecular complexity index is 1280. The number of piperidine rings is 1. The Balaban J connectivity index is 1.26. The van der Waals surface area contributed by atoms with E-state index in [2.05, 4.69) is 15.2 Å². The Hall–Kier alpha value is -3.45. The van der Waals surface area contributed by atoms with E-state index in [0.717, 1.165) is 42.7 Å². The minimum Gasteiger partial charge on any atom is -0.371 e. The van der Waals surface area contributed by atoms with E-state index in [1.54, 1.807) is 54.7 Å². The van der Waals surface area contributed by atoms with Gasteiger partial charge in [-0.05, 0) is 73.2 Å². The minimum atomic E-state index is -0.557. The van der Waals surface area contributed by atoms with Gasteiger partial charge in [0.2, 0.25) is 0 Å². The van der Waals surface area contributed by atoms with Crippen LogP contribution in [-0.4, -0.2) is 47.9 Å².